The summed E-state index contributed by atoms with van der Waals surface area (Å²) in [5.41, 5.74) is 0. The largest absolute Gasteiger partial charge is 0.481 e. The molecule has 0 aliphatic carbocycles. The summed E-state index contributed by atoms with van der Waals surface area (Å²) >= 11 is 0. The Labute approximate surface area is 209 Å². The van der Waals surface area contributed by atoms with Gasteiger partial charge < -0.3 is 20.2 Å². The molecule has 0 saturated heterocycles. The molecule has 202 valence electrons. The second kappa shape index (κ2) is 23.6. The van der Waals surface area contributed by atoms with E-state index in [1.54, 1.807) is 0 Å². The van der Waals surface area contributed by atoms with Crippen molar-refractivity contribution in [1.82, 2.24) is 4.90 Å². The number of aliphatic carboxylic acids is 1. The molecule has 0 aliphatic heterocycles. The van der Waals surface area contributed by atoms with Crippen LogP contribution in [0.25, 0.3) is 0 Å². The number of carboxylic acid groups (broad SMARTS) is 1. The maximum atomic E-state index is 12.6. The highest BCUT2D eigenvalue weighted by atomic mass is 16.4. The minimum Gasteiger partial charge on any atom is -0.481 e. The maximum absolute atomic E-state index is 12.6. The van der Waals surface area contributed by atoms with E-state index in [-0.39, 0.29) is 31.8 Å². The van der Waals surface area contributed by atoms with Crippen LogP contribution in [0.2, 0.25) is 0 Å². The molecule has 6 nitrogen and oxygen atoms in total. The highest BCUT2D eigenvalue weighted by molar-refractivity contribution is 5.80. The lowest BCUT2D eigenvalue weighted by atomic mass is 10.0. The van der Waals surface area contributed by atoms with E-state index in [1.807, 2.05) is 0 Å². The average Bonchev–Trinajstić information content (AvgIpc) is 2.80. The van der Waals surface area contributed by atoms with Gasteiger partial charge in [-0.05, 0) is 12.8 Å². The monoisotopic (exact) mass is 485 g/mol. The molecular weight excluding hydrogens is 430 g/mol. The van der Waals surface area contributed by atoms with Crippen LogP contribution >= 0.6 is 0 Å². The smallest absolute Gasteiger partial charge is 0.303 e. The van der Waals surface area contributed by atoms with Crippen molar-refractivity contribution < 1.29 is 24.9 Å². The highest BCUT2D eigenvalue weighted by Gasteiger charge is 2.21. The van der Waals surface area contributed by atoms with E-state index in [1.165, 1.54) is 81.9 Å². The molecule has 0 radical (unpaired) electrons. The fraction of sp³-hybridized carbons (Fsp3) is 0.929. The van der Waals surface area contributed by atoms with E-state index < -0.39 is 18.2 Å². The third kappa shape index (κ3) is 21.4. The number of unbranched alkanes of at least 4 members (excludes halogenated alkanes) is 14. The van der Waals surface area contributed by atoms with Crippen LogP contribution in [0.4, 0.5) is 0 Å². The summed E-state index contributed by atoms with van der Waals surface area (Å²) in [5, 5.41) is 29.9. The Morgan fingerprint density at radius 2 is 0.941 bits per heavy atom. The zero-order chi connectivity index (χ0) is 25.4. The standard InChI is InChI=1S/C28H55NO5/c1-3-5-7-9-11-13-15-17-19-25(30)23-29(27(32)21-22-28(33)34)24-26(31)20-18-16-14-12-10-8-6-4-2/h25-26,30-31H,3-24H2,1-2H3,(H,33,34). The number of carbonyl (C=O) groups excluding carboxylic acids is 1. The number of aliphatic hydroxyl groups is 2. The molecule has 0 spiro atoms. The minimum absolute atomic E-state index is 0.0930. The summed E-state index contributed by atoms with van der Waals surface area (Å²) in [5.74, 6) is -1.31. The second-order valence-corrected chi connectivity index (χ2v) is 10.0. The Hall–Kier alpha value is -1.14. The number of carbonyl (C=O) groups is 2. The Balaban J connectivity index is 4.28. The lowest BCUT2D eigenvalue weighted by molar-refractivity contribution is -0.142. The van der Waals surface area contributed by atoms with Crippen LogP contribution in [0.15, 0.2) is 0 Å². The summed E-state index contributed by atoms with van der Waals surface area (Å²) in [6, 6.07) is 0. The van der Waals surface area contributed by atoms with Crippen molar-refractivity contribution >= 4 is 11.9 Å². The van der Waals surface area contributed by atoms with E-state index >= 15 is 0 Å². The molecule has 0 aromatic heterocycles. The first-order valence-electron chi connectivity index (χ1n) is 14.3. The van der Waals surface area contributed by atoms with E-state index in [0.717, 1.165) is 25.7 Å². The van der Waals surface area contributed by atoms with Crippen LogP contribution in [-0.4, -0.2) is 57.4 Å². The first-order valence-corrected chi connectivity index (χ1v) is 14.3. The number of amides is 1. The van der Waals surface area contributed by atoms with Crippen molar-refractivity contribution in [1.29, 1.82) is 0 Å². The number of hydrogen-bond donors (Lipinski definition) is 3. The van der Waals surface area contributed by atoms with Gasteiger partial charge in [0, 0.05) is 19.5 Å². The predicted octanol–water partition coefficient (Wildman–Crippen LogP) is 6.46. The number of carboxylic acids is 1. The molecule has 1 amide bonds. The van der Waals surface area contributed by atoms with Crippen LogP contribution < -0.4 is 0 Å². The summed E-state index contributed by atoms with van der Waals surface area (Å²) in [4.78, 5) is 24.9. The average molecular weight is 486 g/mol. The highest BCUT2D eigenvalue weighted by Crippen LogP contribution is 2.14. The van der Waals surface area contributed by atoms with Gasteiger partial charge in [-0.25, -0.2) is 0 Å². The lowest BCUT2D eigenvalue weighted by Gasteiger charge is -2.27. The SMILES string of the molecule is CCCCCCCCCCC(O)CN(CC(O)CCCCCCCCCC)C(=O)CCC(=O)O. The first kappa shape index (κ1) is 32.9. The third-order valence-corrected chi connectivity index (χ3v) is 6.55. The Morgan fingerprint density at radius 3 is 1.29 bits per heavy atom. The van der Waals surface area contributed by atoms with E-state index in [4.69, 9.17) is 5.11 Å². The van der Waals surface area contributed by atoms with Gasteiger partial charge in [0.1, 0.15) is 0 Å². The fourth-order valence-corrected chi connectivity index (χ4v) is 4.37. The van der Waals surface area contributed by atoms with Crippen LogP contribution in [0, 0.1) is 0 Å². The molecule has 0 aromatic rings. The van der Waals surface area contributed by atoms with Crippen molar-refractivity contribution in [3.63, 3.8) is 0 Å². The quantitative estimate of drug-likeness (QED) is 0.129. The van der Waals surface area contributed by atoms with E-state index in [2.05, 4.69) is 13.8 Å². The van der Waals surface area contributed by atoms with Gasteiger partial charge in [0.05, 0.1) is 18.6 Å². The van der Waals surface area contributed by atoms with Gasteiger partial charge in [0.15, 0.2) is 0 Å². The zero-order valence-corrected chi connectivity index (χ0v) is 22.3. The molecule has 2 unspecified atom stereocenters. The zero-order valence-electron chi connectivity index (χ0n) is 22.3. The van der Waals surface area contributed by atoms with Gasteiger partial charge in [-0.3, -0.25) is 9.59 Å². The first-order chi connectivity index (χ1) is 16.4. The van der Waals surface area contributed by atoms with Crippen molar-refractivity contribution in [2.45, 2.75) is 154 Å². The predicted molar refractivity (Wildman–Crippen MR) is 140 cm³/mol. The molecule has 0 heterocycles. The Morgan fingerprint density at radius 1 is 0.588 bits per heavy atom. The summed E-state index contributed by atoms with van der Waals surface area (Å²) < 4.78 is 0. The van der Waals surface area contributed by atoms with Crippen molar-refractivity contribution in [2.75, 3.05) is 13.1 Å². The molecule has 3 N–H and O–H groups in total. The molecule has 0 saturated carbocycles. The molecule has 0 fully saturated rings. The molecule has 0 aromatic carbocycles. The fourth-order valence-electron chi connectivity index (χ4n) is 4.37. The molecule has 0 aliphatic rings. The number of aliphatic hydroxyl groups excluding tert-OH is 2. The number of hydrogen-bond acceptors (Lipinski definition) is 4. The molecule has 0 bridgehead atoms. The minimum atomic E-state index is -1.01. The van der Waals surface area contributed by atoms with E-state index in [9.17, 15) is 19.8 Å². The van der Waals surface area contributed by atoms with Gasteiger partial charge >= 0.3 is 5.97 Å². The van der Waals surface area contributed by atoms with Crippen molar-refractivity contribution in [2.24, 2.45) is 0 Å². The Bertz CT molecular complexity index is 457. The van der Waals surface area contributed by atoms with Crippen LogP contribution in [0.3, 0.4) is 0 Å². The van der Waals surface area contributed by atoms with E-state index in [0.29, 0.717) is 12.8 Å². The van der Waals surface area contributed by atoms with Crippen LogP contribution in [0.1, 0.15) is 142 Å². The van der Waals surface area contributed by atoms with Gasteiger partial charge in [-0.1, -0.05) is 117 Å². The molecule has 6 heteroatoms. The number of nitrogens with zero attached hydrogens (tertiary/aromatic N) is 1. The molecule has 34 heavy (non-hydrogen) atoms. The number of rotatable bonds is 25. The second-order valence-electron chi connectivity index (χ2n) is 10.0. The maximum Gasteiger partial charge on any atom is 0.303 e. The normalized spacial score (nSPS) is 13.1. The van der Waals surface area contributed by atoms with Crippen LogP contribution in [0.5, 0.6) is 0 Å². The molecule has 2 atom stereocenters. The van der Waals surface area contributed by atoms with Gasteiger partial charge in [0.2, 0.25) is 5.91 Å². The van der Waals surface area contributed by atoms with Crippen molar-refractivity contribution in [3.05, 3.63) is 0 Å². The summed E-state index contributed by atoms with van der Waals surface area (Å²) in [6.07, 6.45) is 18.8. The third-order valence-electron chi connectivity index (χ3n) is 6.55. The molecular formula is C28H55NO5. The summed E-state index contributed by atoms with van der Waals surface area (Å²) in [6.45, 7) is 4.77. The van der Waals surface area contributed by atoms with Gasteiger partial charge in [-0.2, -0.15) is 0 Å². The Kier molecular flexibility index (Phi) is 22.8. The van der Waals surface area contributed by atoms with Crippen LogP contribution in [-0.2, 0) is 9.59 Å². The lowest BCUT2D eigenvalue weighted by Crippen LogP contribution is -2.42. The van der Waals surface area contributed by atoms with Gasteiger partial charge in [-0.15, -0.1) is 0 Å². The summed E-state index contributed by atoms with van der Waals surface area (Å²) in [7, 11) is 0. The molecule has 0 rings (SSSR count). The van der Waals surface area contributed by atoms with Gasteiger partial charge in [0.25, 0.3) is 0 Å². The van der Waals surface area contributed by atoms with Crippen molar-refractivity contribution in [3.8, 4) is 0 Å². The topological polar surface area (TPSA) is 98.1 Å².